The Balaban J connectivity index is 0.00000243. The number of aryl methyl sites for hydroxylation is 1. The number of aliphatic imine (C=N–C) groups is 1. The van der Waals surface area contributed by atoms with Gasteiger partial charge in [-0.05, 0) is 31.2 Å². The minimum atomic E-state index is 0. The molecule has 0 radical (unpaired) electrons. The molecule has 26 heavy (non-hydrogen) atoms. The maximum atomic E-state index is 6.32. The maximum absolute atomic E-state index is 6.32. The highest BCUT2D eigenvalue weighted by molar-refractivity contribution is 14.0. The highest BCUT2D eigenvalue weighted by Gasteiger charge is 2.20. The Morgan fingerprint density at radius 2 is 1.85 bits per heavy atom. The van der Waals surface area contributed by atoms with Gasteiger partial charge in [0.25, 0.3) is 0 Å². The number of rotatable bonds is 3. The number of benzene rings is 1. The molecule has 2 aromatic rings. The van der Waals surface area contributed by atoms with E-state index in [2.05, 4.69) is 31.2 Å². The number of halogens is 2. The van der Waals surface area contributed by atoms with E-state index in [1.807, 2.05) is 50.4 Å². The van der Waals surface area contributed by atoms with Crippen LogP contribution in [0.15, 0.2) is 47.5 Å². The van der Waals surface area contributed by atoms with E-state index in [1.54, 1.807) is 0 Å². The van der Waals surface area contributed by atoms with Gasteiger partial charge in [0.1, 0.15) is 0 Å². The molecule has 0 bridgehead atoms. The standard InChI is InChI=1S/C19H24ClN5.HI/c1-15-6-5-7-16(23-15)14-22-19(21-2)25-12-10-24(11-13-25)18-9-4-3-8-17(18)20;/h3-9H,10-14H2,1-2H3,(H,21,22);1H. The van der Waals surface area contributed by atoms with Gasteiger partial charge in [0.2, 0.25) is 0 Å². The molecule has 0 spiro atoms. The Labute approximate surface area is 177 Å². The van der Waals surface area contributed by atoms with Crippen LogP contribution >= 0.6 is 35.6 Å². The summed E-state index contributed by atoms with van der Waals surface area (Å²) in [7, 11) is 1.83. The fourth-order valence-electron chi connectivity index (χ4n) is 3.07. The fraction of sp³-hybridized carbons (Fsp3) is 0.368. The summed E-state index contributed by atoms with van der Waals surface area (Å²) in [5.74, 6) is 0.919. The number of aromatic nitrogens is 1. The van der Waals surface area contributed by atoms with Crippen molar-refractivity contribution in [2.75, 3.05) is 38.1 Å². The molecule has 0 unspecified atom stereocenters. The summed E-state index contributed by atoms with van der Waals surface area (Å²) in [4.78, 5) is 13.6. The smallest absolute Gasteiger partial charge is 0.194 e. The molecule has 0 aliphatic carbocycles. The number of piperazine rings is 1. The molecule has 1 aliphatic heterocycles. The zero-order chi connectivity index (χ0) is 17.6. The number of hydrogen-bond donors (Lipinski definition) is 1. The average Bonchev–Trinajstić information content (AvgIpc) is 2.63. The van der Waals surface area contributed by atoms with Crippen LogP contribution < -0.4 is 10.2 Å². The van der Waals surface area contributed by atoms with Crippen LogP contribution in [0.1, 0.15) is 11.4 Å². The second-order valence-electron chi connectivity index (χ2n) is 6.10. The summed E-state index contributed by atoms with van der Waals surface area (Å²) in [5, 5.41) is 4.23. The Morgan fingerprint density at radius 1 is 1.12 bits per heavy atom. The quantitative estimate of drug-likeness (QED) is 0.410. The monoisotopic (exact) mass is 485 g/mol. The number of para-hydroxylation sites is 1. The minimum Gasteiger partial charge on any atom is -0.367 e. The number of anilines is 1. The molecule has 1 N–H and O–H groups in total. The van der Waals surface area contributed by atoms with Crippen LogP contribution in [0.2, 0.25) is 5.02 Å². The number of nitrogens with zero attached hydrogens (tertiary/aromatic N) is 4. The SMILES string of the molecule is CN=C(NCc1cccc(C)n1)N1CCN(c2ccccc2Cl)CC1.I. The molecule has 0 atom stereocenters. The molecule has 7 heteroatoms. The third-order valence-electron chi connectivity index (χ3n) is 4.36. The van der Waals surface area contributed by atoms with Gasteiger partial charge in [-0.3, -0.25) is 9.98 Å². The summed E-state index contributed by atoms with van der Waals surface area (Å²) in [6.07, 6.45) is 0. The molecule has 1 fully saturated rings. The lowest BCUT2D eigenvalue weighted by molar-refractivity contribution is 0.372. The van der Waals surface area contributed by atoms with E-state index in [9.17, 15) is 0 Å². The van der Waals surface area contributed by atoms with Crippen molar-refractivity contribution >= 4 is 47.2 Å². The number of guanidine groups is 1. The van der Waals surface area contributed by atoms with Gasteiger partial charge in [0.15, 0.2) is 5.96 Å². The molecule has 5 nitrogen and oxygen atoms in total. The van der Waals surface area contributed by atoms with E-state index in [4.69, 9.17) is 11.6 Å². The lowest BCUT2D eigenvalue weighted by Gasteiger charge is -2.38. The Morgan fingerprint density at radius 3 is 2.50 bits per heavy atom. The first-order valence-corrected chi connectivity index (χ1v) is 8.93. The molecule has 1 aliphatic rings. The van der Waals surface area contributed by atoms with E-state index < -0.39 is 0 Å². The van der Waals surface area contributed by atoms with Crippen LogP contribution in [-0.4, -0.2) is 49.1 Å². The zero-order valence-electron chi connectivity index (χ0n) is 15.2. The third kappa shape index (κ3) is 5.23. The predicted octanol–water partition coefficient (Wildman–Crippen LogP) is 3.56. The van der Waals surface area contributed by atoms with Crippen LogP contribution in [0, 0.1) is 6.92 Å². The Kier molecular flexibility index (Phi) is 7.96. The van der Waals surface area contributed by atoms with Crippen molar-refractivity contribution in [2.45, 2.75) is 13.5 Å². The van der Waals surface area contributed by atoms with Gasteiger partial charge in [0, 0.05) is 38.9 Å². The summed E-state index contributed by atoms with van der Waals surface area (Å²) >= 11 is 6.32. The highest BCUT2D eigenvalue weighted by atomic mass is 127. The first-order valence-electron chi connectivity index (χ1n) is 8.55. The number of nitrogens with one attached hydrogen (secondary N) is 1. The molecule has 3 rings (SSSR count). The van der Waals surface area contributed by atoms with Gasteiger partial charge < -0.3 is 15.1 Å². The first-order chi connectivity index (χ1) is 12.2. The van der Waals surface area contributed by atoms with E-state index in [-0.39, 0.29) is 24.0 Å². The van der Waals surface area contributed by atoms with Crippen LogP contribution in [0.5, 0.6) is 0 Å². The maximum Gasteiger partial charge on any atom is 0.194 e. The van der Waals surface area contributed by atoms with Crippen LogP contribution in [0.3, 0.4) is 0 Å². The van der Waals surface area contributed by atoms with Crippen molar-refractivity contribution in [3.63, 3.8) is 0 Å². The van der Waals surface area contributed by atoms with Crippen molar-refractivity contribution in [3.8, 4) is 0 Å². The molecule has 1 aromatic heterocycles. The minimum absolute atomic E-state index is 0. The van der Waals surface area contributed by atoms with Gasteiger partial charge in [-0.1, -0.05) is 29.8 Å². The van der Waals surface area contributed by atoms with E-state index in [0.717, 1.165) is 54.2 Å². The second-order valence-corrected chi connectivity index (χ2v) is 6.50. The van der Waals surface area contributed by atoms with Crippen LogP contribution in [0.25, 0.3) is 0 Å². The van der Waals surface area contributed by atoms with Crippen LogP contribution in [-0.2, 0) is 6.54 Å². The summed E-state index contributed by atoms with van der Waals surface area (Å²) in [6, 6.07) is 14.1. The lowest BCUT2D eigenvalue weighted by Crippen LogP contribution is -2.52. The normalized spacial score (nSPS) is 14.8. The van der Waals surface area contributed by atoms with E-state index in [0.29, 0.717) is 6.54 Å². The highest BCUT2D eigenvalue weighted by Crippen LogP contribution is 2.25. The summed E-state index contributed by atoms with van der Waals surface area (Å²) < 4.78 is 0. The Bertz CT molecular complexity index is 744. The van der Waals surface area contributed by atoms with Gasteiger partial charge in [-0.25, -0.2) is 0 Å². The van der Waals surface area contributed by atoms with Crippen LogP contribution in [0.4, 0.5) is 5.69 Å². The Hall–Kier alpha value is -1.54. The second kappa shape index (κ2) is 9.97. The average molecular weight is 486 g/mol. The van der Waals surface area contributed by atoms with Crippen molar-refractivity contribution in [2.24, 2.45) is 4.99 Å². The number of pyridine rings is 1. The topological polar surface area (TPSA) is 43.8 Å². The van der Waals surface area contributed by atoms with Gasteiger partial charge in [0.05, 0.1) is 22.9 Å². The van der Waals surface area contributed by atoms with Crippen molar-refractivity contribution in [1.29, 1.82) is 0 Å². The molecule has 140 valence electrons. The lowest BCUT2D eigenvalue weighted by atomic mass is 10.2. The molecular formula is C19H25ClIN5. The van der Waals surface area contributed by atoms with E-state index >= 15 is 0 Å². The molecule has 2 heterocycles. The predicted molar refractivity (Wildman–Crippen MR) is 120 cm³/mol. The van der Waals surface area contributed by atoms with Crippen molar-refractivity contribution < 1.29 is 0 Å². The largest absolute Gasteiger partial charge is 0.367 e. The molecule has 0 amide bonds. The van der Waals surface area contributed by atoms with E-state index in [1.165, 1.54) is 0 Å². The molecule has 1 saturated heterocycles. The zero-order valence-corrected chi connectivity index (χ0v) is 18.2. The first kappa shape index (κ1) is 20.8. The van der Waals surface area contributed by atoms with Gasteiger partial charge in [-0.2, -0.15) is 0 Å². The van der Waals surface area contributed by atoms with Gasteiger partial charge >= 0.3 is 0 Å². The molecular weight excluding hydrogens is 461 g/mol. The van der Waals surface area contributed by atoms with Crippen molar-refractivity contribution in [1.82, 2.24) is 15.2 Å². The van der Waals surface area contributed by atoms with Gasteiger partial charge in [-0.15, -0.1) is 24.0 Å². The number of hydrogen-bond acceptors (Lipinski definition) is 3. The summed E-state index contributed by atoms with van der Waals surface area (Å²) in [5.41, 5.74) is 3.16. The van der Waals surface area contributed by atoms with Crippen molar-refractivity contribution in [3.05, 3.63) is 58.9 Å². The molecule has 0 saturated carbocycles. The fourth-order valence-corrected chi connectivity index (χ4v) is 3.32. The summed E-state index contributed by atoms with van der Waals surface area (Å²) in [6.45, 7) is 6.35. The third-order valence-corrected chi connectivity index (χ3v) is 4.68. The molecule has 1 aromatic carbocycles.